The number of nitrogens with one attached hydrogen (secondary N) is 1. The Morgan fingerprint density at radius 1 is 1.35 bits per heavy atom. The highest BCUT2D eigenvalue weighted by Gasteiger charge is 2.09. The maximum Gasteiger partial charge on any atom is 0.255 e. The Balaban J connectivity index is 2.00. The monoisotopic (exact) mass is 271 g/mol. The summed E-state index contributed by atoms with van der Waals surface area (Å²) < 4.78 is 5.41. The number of nitrogens with zero attached hydrogens (tertiary/aromatic N) is 1. The first-order valence-corrected chi connectivity index (χ1v) is 6.41. The van der Waals surface area contributed by atoms with Gasteiger partial charge in [0.15, 0.2) is 0 Å². The molecule has 0 bridgehead atoms. The van der Waals surface area contributed by atoms with Crippen molar-refractivity contribution in [3.8, 4) is 5.75 Å². The normalized spacial score (nSPS) is 10.1. The van der Waals surface area contributed by atoms with E-state index >= 15 is 0 Å². The second kappa shape index (κ2) is 6.56. The molecule has 104 valence electrons. The predicted octanol–water partition coefficient (Wildman–Crippen LogP) is 1.99. The Labute approximate surface area is 117 Å². The van der Waals surface area contributed by atoms with Crippen LogP contribution in [0.2, 0.25) is 0 Å². The van der Waals surface area contributed by atoms with Gasteiger partial charge < -0.3 is 15.8 Å². The van der Waals surface area contributed by atoms with Crippen LogP contribution in [0.4, 0.5) is 5.82 Å². The summed E-state index contributed by atoms with van der Waals surface area (Å²) in [5, 5.41) is 2.81. The van der Waals surface area contributed by atoms with Crippen LogP contribution in [-0.2, 0) is 6.54 Å². The molecule has 1 heterocycles. The number of hydrogen-bond acceptors (Lipinski definition) is 4. The lowest BCUT2D eigenvalue weighted by molar-refractivity contribution is 0.0951. The number of amides is 1. The summed E-state index contributed by atoms with van der Waals surface area (Å²) in [4.78, 5) is 15.9. The highest BCUT2D eigenvalue weighted by atomic mass is 16.5. The Morgan fingerprint density at radius 2 is 2.20 bits per heavy atom. The number of anilines is 1. The van der Waals surface area contributed by atoms with E-state index in [9.17, 15) is 4.79 Å². The van der Waals surface area contributed by atoms with Crippen LogP contribution in [0.15, 0.2) is 42.6 Å². The van der Waals surface area contributed by atoms with Gasteiger partial charge in [-0.05, 0) is 36.8 Å². The molecule has 0 saturated carbocycles. The van der Waals surface area contributed by atoms with E-state index < -0.39 is 0 Å². The Morgan fingerprint density at radius 3 is 2.95 bits per heavy atom. The fourth-order valence-electron chi connectivity index (χ4n) is 1.80. The zero-order valence-electron chi connectivity index (χ0n) is 11.3. The number of carbonyl (C=O) groups excluding carboxylic acids is 1. The van der Waals surface area contributed by atoms with Gasteiger partial charge in [0.2, 0.25) is 0 Å². The Hall–Kier alpha value is -2.56. The van der Waals surface area contributed by atoms with E-state index in [1.807, 2.05) is 31.2 Å². The summed E-state index contributed by atoms with van der Waals surface area (Å²) in [7, 11) is 0. The van der Waals surface area contributed by atoms with Crippen molar-refractivity contribution in [2.24, 2.45) is 0 Å². The molecule has 0 fully saturated rings. The van der Waals surface area contributed by atoms with Gasteiger partial charge >= 0.3 is 0 Å². The topological polar surface area (TPSA) is 77.2 Å². The van der Waals surface area contributed by atoms with Crippen molar-refractivity contribution < 1.29 is 9.53 Å². The van der Waals surface area contributed by atoms with Crippen molar-refractivity contribution in [1.29, 1.82) is 0 Å². The summed E-state index contributed by atoms with van der Waals surface area (Å²) in [6.45, 7) is 2.95. The molecule has 0 atom stereocenters. The molecular weight excluding hydrogens is 254 g/mol. The van der Waals surface area contributed by atoms with Gasteiger partial charge in [-0.3, -0.25) is 4.79 Å². The van der Waals surface area contributed by atoms with Crippen LogP contribution in [0, 0.1) is 0 Å². The van der Waals surface area contributed by atoms with Crippen LogP contribution >= 0.6 is 0 Å². The highest BCUT2D eigenvalue weighted by Crippen LogP contribution is 2.13. The molecule has 0 saturated heterocycles. The molecule has 5 nitrogen and oxygen atoms in total. The van der Waals surface area contributed by atoms with E-state index in [0.29, 0.717) is 18.7 Å². The highest BCUT2D eigenvalue weighted by molar-refractivity contribution is 5.98. The van der Waals surface area contributed by atoms with Crippen molar-refractivity contribution in [3.63, 3.8) is 0 Å². The van der Waals surface area contributed by atoms with Crippen molar-refractivity contribution in [3.05, 3.63) is 53.7 Å². The first kappa shape index (κ1) is 13.9. The minimum Gasteiger partial charge on any atom is -0.494 e. The molecular formula is C15H17N3O2. The molecule has 1 aromatic heterocycles. The van der Waals surface area contributed by atoms with Gasteiger partial charge in [0.25, 0.3) is 5.91 Å². The predicted molar refractivity (Wildman–Crippen MR) is 77.4 cm³/mol. The molecule has 5 heteroatoms. The number of hydrogen-bond donors (Lipinski definition) is 2. The quantitative estimate of drug-likeness (QED) is 0.872. The third-order valence-electron chi connectivity index (χ3n) is 2.75. The zero-order valence-corrected chi connectivity index (χ0v) is 11.3. The number of rotatable bonds is 5. The van der Waals surface area contributed by atoms with Crippen molar-refractivity contribution in [2.45, 2.75) is 13.5 Å². The van der Waals surface area contributed by atoms with Crippen LogP contribution in [0.1, 0.15) is 22.8 Å². The molecule has 0 spiro atoms. The van der Waals surface area contributed by atoms with E-state index in [1.165, 1.54) is 0 Å². The third kappa shape index (κ3) is 3.47. The molecule has 3 N–H and O–H groups in total. The van der Waals surface area contributed by atoms with Crippen LogP contribution in [0.3, 0.4) is 0 Å². The van der Waals surface area contributed by atoms with E-state index in [-0.39, 0.29) is 11.7 Å². The van der Waals surface area contributed by atoms with Gasteiger partial charge in [0.1, 0.15) is 11.6 Å². The van der Waals surface area contributed by atoms with Gasteiger partial charge in [-0.25, -0.2) is 4.98 Å². The third-order valence-corrected chi connectivity index (χ3v) is 2.75. The van der Waals surface area contributed by atoms with Crippen LogP contribution < -0.4 is 15.8 Å². The van der Waals surface area contributed by atoms with Crippen molar-refractivity contribution in [1.82, 2.24) is 10.3 Å². The maximum absolute atomic E-state index is 12.0. The van der Waals surface area contributed by atoms with Gasteiger partial charge in [-0.2, -0.15) is 0 Å². The standard InChI is InChI=1S/C15H17N3O2/c1-2-20-12-6-3-5-11(9-12)10-18-15(19)13-7-4-8-17-14(13)16/h3-9H,2,10H2,1H3,(H2,16,17)(H,18,19). The summed E-state index contributed by atoms with van der Waals surface area (Å²) in [6, 6.07) is 10.9. The van der Waals surface area contributed by atoms with E-state index in [1.54, 1.807) is 18.3 Å². The molecule has 1 amide bonds. The smallest absolute Gasteiger partial charge is 0.255 e. The lowest BCUT2D eigenvalue weighted by Gasteiger charge is -2.08. The minimum absolute atomic E-state index is 0.230. The van der Waals surface area contributed by atoms with Crippen molar-refractivity contribution in [2.75, 3.05) is 12.3 Å². The Bertz CT molecular complexity index is 599. The molecule has 20 heavy (non-hydrogen) atoms. The van der Waals surface area contributed by atoms with Gasteiger partial charge in [-0.15, -0.1) is 0 Å². The SMILES string of the molecule is CCOc1cccc(CNC(=O)c2cccnc2N)c1. The van der Waals surface area contributed by atoms with E-state index in [4.69, 9.17) is 10.5 Å². The molecule has 0 unspecified atom stereocenters. The number of nitrogens with two attached hydrogens (primary N) is 1. The van der Waals surface area contributed by atoms with Crippen LogP contribution in [-0.4, -0.2) is 17.5 Å². The van der Waals surface area contributed by atoms with Crippen LogP contribution in [0.5, 0.6) is 5.75 Å². The molecule has 0 aliphatic carbocycles. The van der Waals surface area contributed by atoms with Gasteiger partial charge in [-0.1, -0.05) is 12.1 Å². The molecule has 0 radical (unpaired) electrons. The second-order valence-corrected chi connectivity index (χ2v) is 4.20. The van der Waals surface area contributed by atoms with E-state index in [0.717, 1.165) is 11.3 Å². The zero-order chi connectivity index (χ0) is 14.4. The molecule has 2 aromatic rings. The summed E-state index contributed by atoms with van der Waals surface area (Å²) >= 11 is 0. The summed E-state index contributed by atoms with van der Waals surface area (Å²) in [5.41, 5.74) is 7.01. The fraction of sp³-hybridized carbons (Fsp3) is 0.200. The second-order valence-electron chi connectivity index (χ2n) is 4.20. The summed E-state index contributed by atoms with van der Waals surface area (Å²) in [6.07, 6.45) is 1.55. The lowest BCUT2D eigenvalue weighted by atomic mass is 10.2. The molecule has 1 aromatic carbocycles. The molecule has 0 aliphatic heterocycles. The summed E-state index contributed by atoms with van der Waals surface area (Å²) in [5.74, 6) is 0.783. The fourth-order valence-corrected chi connectivity index (χ4v) is 1.80. The number of aromatic nitrogens is 1. The molecule has 2 rings (SSSR count). The van der Waals surface area contributed by atoms with Crippen molar-refractivity contribution >= 4 is 11.7 Å². The lowest BCUT2D eigenvalue weighted by Crippen LogP contribution is -2.24. The largest absolute Gasteiger partial charge is 0.494 e. The average Bonchev–Trinajstić information content (AvgIpc) is 2.46. The van der Waals surface area contributed by atoms with Crippen LogP contribution in [0.25, 0.3) is 0 Å². The van der Waals surface area contributed by atoms with E-state index in [2.05, 4.69) is 10.3 Å². The average molecular weight is 271 g/mol. The first-order chi connectivity index (χ1) is 9.70. The van der Waals surface area contributed by atoms with Gasteiger partial charge in [0.05, 0.1) is 12.2 Å². The number of ether oxygens (including phenoxy) is 1. The molecule has 0 aliphatic rings. The number of carbonyl (C=O) groups is 1. The Kier molecular flexibility index (Phi) is 4.55. The van der Waals surface area contributed by atoms with Gasteiger partial charge in [0, 0.05) is 12.7 Å². The maximum atomic E-state index is 12.0. The number of pyridine rings is 1. The first-order valence-electron chi connectivity index (χ1n) is 6.41. The number of nitrogen functional groups attached to an aromatic ring is 1. The minimum atomic E-state index is -0.239. The number of benzene rings is 1.